The van der Waals surface area contributed by atoms with E-state index in [0.717, 1.165) is 18.4 Å². The molecule has 0 spiro atoms. The number of methoxy groups -OCH3 is 1. The lowest BCUT2D eigenvalue weighted by Gasteiger charge is -2.32. The Morgan fingerprint density at radius 3 is 2.50 bits per heavy atom. The number of benzene rings is 1. The molecule has 1 saturated carbocycles. The summed E-state index contributed by atoms with van der Waals surface area (Å²) in [5, 5.41) is 11.1. The predicted molar refractivity (Wildman–Crippen MR) is 73.8 cm³/mol. The number of rotatable bonds is 4. The van der Waals surface area contributed by atoms with E-state index in [-0.39, 0.29) is 6.10 Å². The van der Waals surface area contributed by atoms with Crippen molar-refractivity contribution < 1.29 is 9.84 Å². The van der Waals surface area contributed by atoms with Crippen LogP contribution in [0.25, 0.3) is 0 Å². The van der Waals surface area contributed by atoms with Crippen LogP contribution in [-0.4, -0.2) is 18.3 Å². The van der Waals surface area contributed by atoms with Gasteiger partial charge in [0.15, 0.2) is 0 Å². The fraction of sp³-hybridized carbons (Fsp3) is 0.600. The van der Waals surface area contributed by atoms with Gasteiger partial charge in [0.2, 0.25) is 0 Å². The number of aliphatic hydroxyl groups is 1. The van der Waals surface area contributed by atoms with Crippen LogP contribution in [0.3, 0.4) is 0 Å². The summed E-state index contributed by atoms with van der Waals surface area (Å²) in [4.78, 5) is 0. The second kappa shape index (κ2) is 6.55. The first-order valence-electron chi connectivity index (χ1n) is 6.69. The maximum Gasteiger partial charge on any atom is 0.107 e. The number of hydrogen-bond acceptors (Lipinski definition) is 2. The molecule has 0 aliphatic heterocycles. The third kappa shape index (κ3) is 3.05. The lowest BCUT2D eigenvalue weighted by molar-refractivity contribution is -0.0558. The Kier molecular flexibility index (Phi) is 5.04. The van der Waals surface area contributed by atoms with Crippen LogP contribution in [0.5, 0.6) is 0 Å². The molecule has 1 aromatic carbocycles. The lowest BCUT2D eigenvalue weighted by Crippen LogP contribution is -2.31. The first kappa shape index (κ1) is 13.9. The van der Waals surface area contributed by atoms with Crippen molar-refractivity contribution in [3.8, 4) is 0 Å². The van der Waals surface area contributed by atoms with Crippen molar-refractivity contribution in [3.05, 3.63) is 34.9 Å². The number of hydrogen-bond donors (Lipinski definition) is 1. The standard InChI is InChI=1S/C15H21ClO2/c1-18-15(11-7-3-2-4-8-11)14(17)12-9-5-6-10-13(12)16/h5-6,9-11,14-15,17H,2-4,7-8H2,1H3. The second-order valence-electron chi connectivity index (χ2n) is 5.06. The van der Waals surface area contributed by atoms with Crippen LogP contribution in [0, 0.1) is 5.92 Å². The molecule has 2 rings (SSSR count). The molecule has 100 valence electrons. The van der Waals surface area contributed by atoms with Gasteiger partial charge in [0.05, 0.1) is 6.10 Å². The highest BCUT2D eigenvalue weighted by atomic mass is 35.5. The number of aliphatic hydroxyl groups excluding tert-OH is 1. The predicted octanol–water partition coefficient (Wildman–Crippen LogP) is 3.97. The molecule has 0 aromatic heterocycles. The molecule has 0 saturated heterocycles. The molecule has 1 aliphatic carbocycles. The van der Waals surface area contributed by atoms with Gasteiger partial charge in [0.1, 0.15) is 6.10 Å². The van der Waals surface area contributed by atoms with Crippen molar-refractivity contribution >= 4 is 11.6 Å². The molecule has 0 heterocycles. The molecule has 2 nitrogen and oxygen atoms in total. The first-order chi connectivity index (χ1) is 8.74. The molecule has 2 atom stereocenters. The highest BCUT2D eigenvalue weighted by molar-refractivity contribution is 6.31. The molecule has 3 heteroatoms. The van der Waals surface area contributed by atoms with Crippen molar-refractivity contribution in [3.63, 3.8) is 0 Å². The van der Waals surface area contributed by atoms with Gasteiger partial charge < -0.3 is 9.84 Å². The summed E-state index contributed by atoms with van der Waals surface area (Å²) in [5.41, 5.74) is 0.775. The summed E-state index contributed by atoms with van der Waals surface area (Å²) < 4.78 is 5.55. The summed E-state index contributed by atoms with van der Waals surface area (Å²) in [6.45, 7) is 0. The maximum atomic E-state index is 10.5. The Labute approximate surface area is 114 Å². The fourth-order valence-electron chi connectivity index (χ4n) is 2.93. The van der Waals surface area contributed by atoms with Gasteiger partial charge in [-0.15, -0.1) is 0 Å². The molecule has 1 aliphatic rings. The van der Waals surface area contributed by atoms with Crippen LogP contribution >= 0.6 is 11.6 Å². The molecule has 0 amide bonds. The van der Waals surface area contributed by atoms with Crippen LogP contribution in [0.15, 0.2) is 24.3 Å². The Balaban J connectivity index is 2.14. The highest BCUT2D eigenvalue weighted by Gasteiger charge is 2.31. The van der Waals surface area contributed by atoms with Crippen LogP contribution in [-0.2, 0) is 4.74 Å². The van der Waals surface area contributed by atoms with E-state index in [1.54, 1.807) is 7.11 Å². The zero-order chi connectivity index (χ0) is 13.0. The Morgan fingerprint density at radius 2 is 1.89 bits per heavy atom. The van der Waals surface area contributed by atoms with Crippen molar-refractivity contribution in [1.29, 1.82) is 0 Å². The van der Waals surface area contributed by atoms with E-state index < -0.39 is 6.10 Å². The molecule has 1 fully saturated rings. The molecule has 0 radical (unpaired) electrons. The Hall–Kier alpha value is -0.570. The molecular weight excluding hydrogens is 248 g/mol. The van der Waals surface area contributed by atoms with E-state index in [1.165, 1.54) is 19.3 Å². The third-order valence-corrected chi connectivity index (χ3v) is 4.27. The summed E-state index contributed by atoms with van der Waals surface area (Å²) in [6.07, 6.45) is 5.27. The molecule has 1 N–H and O–H groups in total. The smallest absolute Gasteiger partial charge is 0.107 e. The van der Waals surface area contributed by atoms with Crippen molar-refractivity contribution in [2.24, 2.45) is 5.92 Å². The molecular formula is C15H21ClO2. The Bertz CT molecular complexity index is 375. The van der Waals surface area contributed by atoms with Crippen LogP contribution in [0.2, 0.25) is 5.02 Å². The maximum absolute atomic E-state index is 10.5. The van der Waals surface area contributed by atoms with Crippen LogP contribution in [0.4, 0.5) is 0 Å². The van der Waals surface area contributed by atoms with Gasteiger partial charge >= 0.3 is 0 Å². The van der Waals surface area contributed by atoms with E-state index >= 15 is 0 Å². The van der Waals surface area contributed by atoms with Gasteiger partial charge in [-0.05, 0) is 24.8 Å². The van der Waals surface area contributed by atoms with E-state index in [4.69, 9.17) is 16.3 Å². The lowest BCUT2D eigenvalue weighted by atomic mass is 9.82. The van der Waals surface area contributed by atoms with Crippen molar-refractivity contribution in [1.82, 2.24) is 0 Å². The van der Waals surface area contributed by atoms with Crippen LogP contribution < -0.4 is 0 Å². The summed E-state index contributed by atoms with van der Waals surface area (Å²) in [7, 11) is 1.68. The minimum Gasteiger partial charge on any atom is -0.386 e. The molecule has 18 heavy (non-hydrogen) atoms. The zero-order valence-corrected chi connectivity index (χ0v) is 11.6. The van der Waals surface area contributed by atoms with E-state index in [0.29, 0.717) is 10.9 Å². The van der Waals surface area contributed by atoms with Gasteiger partial charge in [0.25, 0.3) is 0 Å². The minimum atomic E-state index is -0.633. The summed E-state index contributed by atoms with van der Waals surface area (Å²) >= 11 is 6.14. The minimum absolute atomic E-state index is 0.148. The number of halogens is 1. The summed E-state index contributed by atoms with van der Waals surface area (Å²) in [5.74, 6) is 0.440. The normalized spacial score (nSPS) is 20.6. The topological polar surface area (TPSA) is 29.5 Å². The van der Waals surface area contributed by atoms with Gasteiger partial charge in [-0.25, -0.2) is 0 Å². The van der Waals surface area contributed by atoms with Crippen molar-refractivity contribution in [2.75, 3.05) is 7.11 Å². The average Bonchev–Trinajstić information content (AvgIpc) is 2.41. The first-order valence-corrected chi connectivity index (χ1v) is 7.07. The van der Waals surface area contributed by atoms with Crippen molar-refractivity contribution in [2.45, 2.75) is 44.3 Å². The quantitative estimate of drug-likeness (QED) is 0.895. The van der Waals surface area contributed by atoms with Gasteiger partial charge in [-0.2, -0.15) is 0 Å². The van der Waals surface area contributed by atoms with E-state index in [9.17, 15) is 5.11 Å². The fourth-order valence-corrected chi connectivity index (χ4v) is 3.18. The zero-order valence-electron chi connectivity index (χ0n) is 10.8. The molecule has 1 aromatic rings. The molecule has 2 unspecified atom stereocenters. The Morgan fingerprint density at radius 1 is 1.22 bits per heavy atom. The highest BCUT2D eigenvalue weighted by Crippen LogP contribution is 2.35. The number of ether oxygens (including phenoxy) is 1. The van der Waals surface area contributed by atoms with Gasteiger partial charge in [-0.3, -0.25) is 0 Å². The van der Waals surface area contributed by atoms with Gasteiger partial charge in [0, 0.05) is 17.7 Å². The van der Waals surface area contributed by atoms with E-state index in [1.807, 2.05) is 24.3 Å². The SMILES string of the molecule is COC(C1CCCCC1)C(O)c1ccccc1Cl. The average molecular weight is 269 g/mol. The van der Waals surface area contributed by atoms with Crippen LogP contribution in [0.1, 0.15) is 43.8 Å². The third-order valence-electron chi connectivity index (χ3n) is 3.92. The summed E-state index contributed by atoms with van der Waals surface area (Å²) in [6, 6.07) is 7.47. The monoisotopic (exact) mass is 268 g/mol. The van der Waals surface area contributed by atoms with E-state index in [2.05, 4.69) is 0 Å². The molecule has 0 bridgehead atoms. The second-order valence-corrected chi connectivity index (χ2v) is 5.47. The largest absolute Gasteiger partial charge is 0.386 e. The van der Waals surface area contributed by atoms with Gasteiger partial charge in [-0.1, -0.05) is 49.1 Å².